The summed E-state index contributed by atoms with van der Waals surface area (Å²) in [6.07, 6.45) is 5.20. The summed E-state index contributed by atoms with van der Waals surface area (Å²) in [7, 11) is 0. The van der Waals surface area contributed by atoms with E-state index in [4.69, 9.17) is 4.74 Å². The lowest BCUT2D eigenvalue weighted by molar-refractivity contribution is 0.128. The molecule has 0 aliphatic carbocycles. The fourth-order valence-electron chi connectivity index (χ4n) is 1.76. The zero-order valence-electron chi connectivity index (χ0n) is 11.0. The maximum Gasteiger partial charge on any atom is 0.0671 e. The molecule has 0 saturated carbocycles. The first kappa shape index (κ1) is 14.7. The average molecular weight is 212 g/mol. The Morgan fingerprint density at radius 1 is 1.27 bits per heavy atom. The molecule has 15 heavy (non-hydrogen) atoms. The molecule has 0 heterocycles. The summed E-state index contributed by atoms with van der Waals surface area (Å²) in [6, 6.07) is 0. The molecule has 0 saturated heterocycles. The Hall–Kier alpha value is -0.300. The Kier molecular flexibility index (Phi) is 8.79. The molecule has 0 spiro atoms. The van der Waals surface area contributed by atoms with Crippen LogP contribution >= 0.6 is 0 Å². The lowest BCUT2D eigenvalue weighted by Gasteiger charge is -2.20. The van der Waals surface area contributed by atoms with Crippen LogP contribution in [0.25, 0.3) is 0 Å². The molecule has 0 aromatic heterocycles. The van der Waals surface area contributed by atoms with E-state index in [-0.39, 0.29) is 0 Å². The van der Waals surface area contributed by atoms with Gasteiger partial charge in [0, 0.05) is 6.61 Å². The summed E-state index contributed by atoms with van der Waals surface area (Å²) >= 11 is 0. The predicted molar refractivity (Wildman–Crippen MR) is 68.1 cm³/mol. The van der Waals surface area contributed by atoms with Gasteiger partial charge >= 0.3 is 0 Å². The van der Waals surface area contributed by atoms with Crippen LogP contribution in [0.2, 0.25) is 0 Å². The molecule has 90 valence electrons. The first-order valence-electron chi connectivity index (χ1n) is 6.30. The molecular formula is C14H28O. The largest absolute Gasteiger partial charge is 0.377 e. The van der Waals surface area contributed by atoms with E-state index in [9.17, 15) is 0 Å². The van der Waals surface area contributed by atoms with Crippen LogP contribution in [0.3, 0.4) is 0 Å². The molecule has 0 radical (unpaired) electrons. The molecular weight excluding hydrogens is 184 g/mol. The highest BCUT2D eigenvalue weighted by Crippen LogP contribution is 2.21. The molecule has 0 N–H and O–H groups in total. The Labute approximate surface area is 95.9 Å². The first-order chi connectivity index (χ1) is 7.07. The molecule has 0 rings (SSSR count). The fourth-order valence-corrected chi connectivity index (χ4v) is 1.76. The molecule has 1 heteroatoms. The third-order valence-electron chi connectivity index (χ3n) is 2.85. The maximum absolute atomic E-state index is 5.56. The van der Waals surface area contributed by atoms with Crippen molar-refractivity contribution in [3.63, 3.8) is 0 Å². The van der Waals surface area contributed by atoms with Gasteiger partial charge < -0.3 is 4.74 Å². The number of unbranched alkanes of at least 4 members (excludes halogenated alkanes) is 1. The molecule has 0 fully saturated rings. The second kappa shape index (κ2) is 8.96. The summed E-state index contributed by atoms with van der Waals surface area (Å²) in [5.74, 6) is 1.61. The normalized spacial score (nSPS) is 13.1. The summed E-state index contributed by atoms with van der Waals surface area (Å²) in [5, 5.41) is 0. The van der Waals surface area contributed by atoms with Crippen LogP contribution in [0.4, 0.5) is 0 Å². The number of rotatable bonds is 9. The van der Waals surface area contributed by atoms with Gasteiger partial charge in [-0.3, -0.25) is 0 Å². The fraction of sp³-hybridized carbons (Fsp3) is 0.857. The second-order valence-corrected chi connectivity index (χ2v) is 4.94. The Morgan fingerprint density at radius 2 is 1.93 bits per heavy atom. The van der Waals surface area contributed by atoms with E-state index in [0.717, 1.165) is 30.6 Å². The van der Waals surface area contributed by atoms with Gasteiger partial charge in [0.2, 0.25) is 0 Å². The summed E-state index contributed by atoms with van der Waals surface area (Å²) in [5.41, 5.74) is 1.12. The first-order valence-corrected chi connectivity index (χ1v) is 6.30. The molecule has 0 aliphatic heterocycles. The number of hydrogen-bond acceptors (Lipinski definition) is 1. The summed E-state index contributed by atoms with van der Waals surface area (Å²) in [4.78, 5) is 0. The SMILES string of the molecule is C=C(C)COCCC(CCCC)C(C)C. The Morgan fingerprint density at radius 3 is 2.40 bits per heavy atom. The van der Waals surface area contributed by atoms with Crippen LogP contribution in [0.5, 0.6) is 0 Å². The van der Waals surface area contributed by atoms with Crippen LogP contribution in [-0.4, -0.2) is 13.2 Å². The third-order valence-corrected chi connectivity index (χ3v) is 2.85. The zero-order chi connectivity index (χ0) is 11.7. The van der Waals surface area contributed by atoms with Crippen LogP contribution < -0.4 is 0 Å². The van der Waals surface area contributed by atoms with Gasteiger partial charge in [-0.2, -0.15) is 0 Å². The van der Waals surface area contributed by atoms with Crippen LogP contribution in [-0.2, 0) is 4.74 Å². The van der Waals surface area contributed by atoms with E-state index in [1.165, 1.54) is 25.7 Å². The molecule has 0 bridgehead atoms. The Balaban J connectivity index is 3.61. The topological polar surface area (TPSA) is 9.23 Å². The quantitative estimate of drug-likeness (QED) is 0.406. The predicted octanol–water partition coefficient (Wildman–Crippen LogP) is 4.43. The molecule has 0 aromatic carbocycles. The second-order valence-electron chi connectivity index (χ2n) is 4.94. The van der Waals surface area contributed by atoms with E-state index in [1.807, 2.05) is 6.92 Å². The zero-order valence-corrected chi connectivity index (χ0v) is 11.0. The van der Waals surface area contributed by atoms with Crippen LogP contribution in [0.15, 0.2) is 12.2 Å². The molecule has 1 unspecified atom stereocenters. The van der Waals surface area contributed by atoms with Crippen molar-refractivity contribution in [2.24, 2.45) is 11.8 Å². The smallest absolute Gasteiger partial charge is 0.0671 e. The lowest BCUT2D eigenvalue weighted by atomic mass is 9.88. The van der Waals surface area contributed by atoms with Gasteiger partial charge in [0.15, 0.2) is 0 Å². The molecule has 0 aliphatic rings. The van der Waals surface area contributed by atoms with Crippen molar-refractivity contribution in [2.45, 2.75) is 53.4 Å². The van der Waals surface area contributed by atoms with Gasteiger partial charge in [-0.25, -0.2) is 0 Å². The van der Waals surface area contributed by atoms with Crippen molar-refractivity contribution in [3.8, 4) is 0 Å². The van der Waals surface area contributed by atoms with Crippen LogP contribution in [0, 0.1) is 11.8 Å². The van der Waals surface area contributed by atoms with Gasteiger partial charge in [-0.15, -0.1) is 0 Å². The summed E-state index contributed by atoms with van der Waals surface area (Å²) < 4.78 is 5.56. The average Bonchev–Trinajstić information content (AvgIpc) is 2.15. The highest BCUT2D eigenvalue weighted by atomic mass is 16.5. The van der Waals surface area contributed by atoms with E-state index >= 15 is 0 Å². The van der Waals surface area contributed by atoms with Crippen molar-refractivity contribution in [2.75, 3.05) is 13.2 Å². The van der Waals surface area contributed by atoms with Gasteiger partial charge in [-0.1, -0.05) is 52.2 Å². The van der Waals surface area contributed by atoms with Crippen LogP contribution in [0.1, 0.15) is 53.4 Å². The minimum absolute atomic E-state index is 0.721. The highest BCUT2D eigenvalue weighted by Gasteiger charge is 2.12. The van der Waals surface area contributed by atoms with Crippen molar-refractivity contribution in [3.05, 3.63) is 12.2 Å². The van der Waals surface area contributed by atoms with E-state index in [1.54, 1.807) is 0 Å². The van der Waals surface area contributed by atoms with Gasteiger partial charge in [0.05, 0.1) is 6.61 Å². The van der Waals surface area contributed by atoms with Crippen molar-refractivity contribution >= 4 is 0 Å². The lowest BCUT2D eigenvalue weighted by Crippen LogP contribution is -2.12. The van der Waals surface area contributed by atoms with Crippen molar-refractivity contribution in [1.82, 2.24) is 0 Å². The van der Waals surface area contributed by atoms with E-state index in [0.29, 0.717) is 0 Å². The number of hydrogen-bond donors (Lipinski definition) is 0. The monoisotopic (exact) mass is 212 g/mol. The Bertz CT molecular complexity index is 161. The van der Waals surface area contributed by atoms with Crippen molar-refractivity contribution < 1.29 is 4.74 Å². The third kappa shape index (κ3) is 8.68. The van der Waals surface area contributed by atoms with Gasteiger partial charge in [-0.05, 0) is 25.2 Å². The minimum atomic E-state index is 0.721. The van der Waals surface area contributed by atoms with E-state index in [2.05, 4.69) is 27.4 Å². The maximum atomic E-state index is 5.56. The van der Waals surface area contributed by atoms with E-state index < -0.39 is 0 Å². The number of ether oxygens (including phenoxy) is 1. The van der Waals surface area contributed by atoms with Gasteiger partial charge in [0.25, 0.3) is 0 Å². The minimum Gasteiger partial charge on any atom is -0.377 e. The van der Waals surface area contributed by atoms with Crippen molar-refractivity contribution in [1.29, 1.82) is 0 Å². The highest BCUT2D eigenvalue weighted by molar-refractivity contribution is 4.87. The molecule has 0 amide bonds. The molecule has 1 atom stereocenters. The van der Waals surface area contributed by atoms with Gasteiger partial charge in [0.1, 0.15) is 0 Å². The molecule has 1 nitrogen and oxygen atoms in total. The standard InChI is InChI=1S/C14H28O/c1-6-7-8-14(13(4)5)9-10-15-11-12(2)3/h13-14H,2,6-11H2,1,3-5H3. The summed E-state index contributed by atoms with van der Waals surface area (Å²) in [6.45, 7) is 14.3. The molecule has 0 aromatic rings.